The summed E-state index contributed by atoms with van der Waals surface area (Å²) in [6, 6.07) is 3.80. The zero-order valence-electron chi connectivity index (χ0n) is 10.0. The number of amides is 1. The van der Waals surface area contributed by atoms with Crippen molar-refractivity contribution in [3.63, 3.8) is 0 Å². The number of carbonyl (C=O) groups excluding carboxylic acids is 1. The Morgan fingerprint density at radius 2 is 2.12 bits per heavy atom. The summed E-state index contributed by atoms with van der Waals surface area (Å²) in [5.74, 6) is 1.88. The third-order valence-electron chi connectivity index (χ3n) is 1.77. The van der Waals surface area contributed by atoms with E-state index in [1.807, 2.05) is 0 Å². The van der Waals surface area contributed by atoms with Gasteiger partial charge >= 0.3 is 6.09 Å². The minimum absolute atomic E-state index is 0.224. The molecule has 0 aromatic heterocycles. The Bertz CT molecular complexity index is 469. The zero-order valence-corrected chi connectivity index (χ0v) is 10.0. The van der Waals surface area contributed by atoms with Gasteiger partial charge in [-0.25, -0.2) is 9.18 Å². The van der Waals surface area contributed by atoms with Gasteiger partial charge in [0.05, 0.1) is 5.69 Å². The molecular weight excluding hydrogens is 221 g/mol. The lowest BCUT2D eigenvalue weighted by Gasteiger charge is -2.20. The Balaban J connectivity index is 2.85. The highest BCUT2D eigenvalue weighted by atomic mass is 19.1. The molecule has 1 amide bonds. The molecule has 17 heavy (non-hydrogen) atoms. The van der Waals surface area contributed by atoms with Crippen LogP contribution >= 0.6 is 0 Å². The lowest BCUT2D eigenvalue weighted by atomic mass is 10.2. The number of nitrogens with one attached hydrogen (secondary N) is 1. The molecule has 0 unspecified atom stereocenters. The molecule has 0 heterocycles. The van der Waals surface area contributed by atoms with E-state index >= 15 is 0 Å². The van der Waals surface area contributed by atoms with Crippen molar-refractivity contribution in [3.8, 4) is 12.3 Å². The van der Waals surface area contributed by atoms with Crippen molar-refractivity contribution in [2.24, 2.45) is 0 Å². The number of anilines is 1. The number of hydrogen-bond acceptors (Lipinski definition) is 2. The molecule has 0 spiro atoms. The van der Waals surface area contributed by atoms with Crippen LogP contribution in [0.25, 0.3) is 0 Å². The van der Waals surface area contributed by atoms with Crippen molar-refractivity contribution in [3.05, 3.63) is 29.6 Å². The molecule has 3 nitrogen and oxygen atoms in total. The van der Waals surface area contributed by atoms with Gasteiger partial charge in [-0.05, 0) is 39.0 Å². The molecule has 0 saturated heterocycles. The maximum absolute atomic E-state index is 13.0. The minimum atomic E-state index is -0.667. The van der Waals surface area contributed by atoms with E-state index in [0.717, 1.165) is 6.07 Å². The summed E-state index contributed by atoms with van der Waals surface area (Å²) in [7, 11) is 0. The summed E-state index contributed by atoms with van der Waals surface area (Å²) in [5, 5.41) is 2.42. The van der Waals surface area contributed by atoms with Crippen LogP contribution < -0.4 is 5.32 Å². The zero-order chi connectivity index (χ0) is 13.1. The predicted molar refractivity (Wildman–Crippen MR) is 64.2 cm³/mol. The topological polar surface area (TPSA) is 38.3 Å². The van der Waals surface area contributed by atoms with Crippen molar-refractivity contribution >= 4 is 11.8 Å². The quantitative estimate of drug-likeness (QED) is 0.759. The first-order valence-electron chi connectivity index (χ1n) is 5.08. The molecule has 0 saturated carbocycles. The van der Waals surface area contributed by atoms with Gasteiger partial charge in [-0.1, -0.05) is 5.92 Å². The van der Waals surface area contributed by atoms with Gasteiger partial charge in [0.2, 0.25) is 0 Å². The van der Waals surface area contributed by atoms with Gasteiger partial charge in [0.15, 0.2) is 0 Å². The van der Waals surface area contributed by atoms with Gasteiger partial charge in [-0.3, -0.25) is 5.32 Å². The second kappa shape index (κ2) is 4.88. The van der Waals surface area contributed by atoms with Gasteiger partial charge in [-0.15, -0.1) is 6.42 Å². The van der Waals surface area contributed by atoms with Gasteiger partial charge in [0.1, 0.15) is 11.4 Å². The Hall–Kier alpha value is -2.02. The summed E-state index contributed by atoms with van der Waals surface area (Å²) in [6.45, 7) is 5.21. The third-order valence-corrected chi connectivity index (χ3v) is 1.77. The number of carbonyl (C=O) groups is 1. The number of rotatable bonds is 1. The smallest absolute Gasteiger partial charge is 0.412 e. The van der Waals surface area contributed by atoms with Crippen LogP contribution in [0.3, 0.4) is 0 Å². The SMILES string of the molecule is C#Cc1ccc(F)cc1NC(=O)OC(C)(C)C. The number of hydrogen-bond donors (Lipinski definition) is 1. The highest BCUT2D eigenvalue weighted by molar-refractivity contribution is 5.86. The summed E-state index contributed by atoms with van der Waals surface area (Å²) in [4.78, 5) is 11.5. The molecule has 0 aliphatic carbocycles. The highest BCUT2D eigenvalue weighted by Gasteiger charge is 2.17. The fourth-order valence-corrected chi connectivity index (χ4v) is 1.16. The van der Waals surface area contributed by atoms with E-state index in [9.17, 15) is 9.18 Å². The Morgan fingerprint density at radius 1 is 1.47 bits per heavy atom. The molecule has 1 aromatic carbocycles. The number of ether oxygens (including phenoxy) is 1. The first-order valence-corrected chi connectivity index (χ1v) is 5.08. The molecule has 0 atom stereocenters. The standard InChI is InChI=1S/C13H14FNO2/c1-5-9-6-7-10(14)8-11(9)15-12(16)17-13(2,3)4/h1,6-8H,2-4H3,(H,15,16). The van der Waals surface area contributed by atoms with E-state index in [0.29, 0.717) is 5.56 Å². The first-order chi connectivity index (χ1) is 7.81. The Morgan fingerprint density at radius 3 is 2.65 bits per heavy atom. The second-order valence-corrected chi connectivity index (χ2v) is 4.46. The second-order valence-electron chi connectivity index (χ2n) is 4.46. The van der Waals surface area contributed by atoms with Crippen molar-refractivity contribution < 1.29 is 13.9 Å². The van der Waals surface area contributed by atoms with Crippen LogP contribution in [0, 0.1) is 18.2 Å². The van der Waals surface area contributed by atoms with Gasteiger partial charge in [0, 0.05) is 5.56 Å². The molecular formula is C13H14FNO2. The third kappa shape index (κ3) is 4.15. The van der Waals surface area contributed by atoms with Gasteiger partial charge < -0.3 is 4.74 Å². The molecule has 4 heteroatoms. The first kappa shape index (κ1) is 13.0. The molecule has 1 N–H and O–H groups in total. The van der Waals surface area contributed by atoms with E-state index in [1.54, 1.807) is 20.8 Å². The molecule has 1 rings (SSSR count). The largest absolute Gasteiger partial charge is 0.444 e. The number of terminal acetylenes is 1. The van der Waals surface area contributed by atoms with E-state index in [4.69, 9.17) is 11.2 Å². The normalized spacial score (nSPS) is 10.5. The summed E-state index contributed by atoms with van der Waals surface area (Å²) >= 11 is 0. The van der Waals surface area contributed by atoms with Crippen molar-refractivity contribution in [2.45, 2.75) is 26.4 Å². The molecule has 1 aromatic rings. The highest BCUT2D eigenvalue weighted by Crippen LogP contribution is 2.17. The fourth-order valence-electron chi connectivity index (χ4n) is 1.16. The van der Waals surface area contributed by atoms with Crippen LogP contribution in [0.1, 0.15) is 26.3 Å². The van der Waals surface area contributed by atoms with Crippen molar-refractivity contribution in [2.75, 3.05) is 5.32 Å². The van der Waals surface area contributed by atoms with Crippen LogP contribution in [-0.2, 0) is 4.74 Å². The average Bonchev–Trinajstić information content (AvgIpc) is 2.14. The summed E-state index contributed by atoms with van der Waals surface area (Å²) < 4.78 is 18.1. The van der Waals surface area contributed by atoms with Gasteiger partial charge in [0.25, 0.3) is 0 Å². The summed E-state index contributed by atoms with van der Waals surface area (Å²) in [6.07, 6.45) is 4.57. The van der Waals surface area contributed by atoms with Crippen molar-refractivity contribution in [1.29, 1.82) is 0 Å². The lowest BCUT2D eigenvalue weighted by Crippen LogP contribution is -2.27. The van der Waals surface area contributed by atoms with Gasteiger partial charge in [-0.2, -0.15) is 0 Å². The number of benzene rings is 1. The van der Waals surface area contributed by atoms with Crippen LogP contribution in [0.4, 0.5) is 14.9 Å². The fraction of sp³-hybridized carbons (Fsp3) is 0.308. The minimum Gasteiger partial charge on any atom is -0.444 e. The maximum atomic E-state index is 13.0. The van der Waals surface area contributed by atoms with Crippen LogP contribution in [0.2, 0.25) is 0 Å². The Kier molecular flexibility index (Phi) is 3.74. The van der Waals surface area contributed by atoms with Crippen LogP contribution in [-0.4, -0.2) is 11.7 Å². The lowest BCUT2D eigenvalue weighted by molar-refractivity contribution is 0.0636. The maximum Gasteiger partial charge on any atom is 0.412 e. The number of halogens is 1. The molecule has 0 fully saturated rings. The van der Waals surface area contributed by atoms with Crippen molar-refractivity contribution in [1.82, 2.24) is 0 Å². The van der Waals surface area contributed by atoms with Crippen LogP contribution in [0.15, 0.2) is 18.2 Å². The van der Waals surface area contributed by atoms with E-state index in [2.05, 4.69) is 11.2 Å². The molecule has 0 radical (unpaired) electrons. The molecule has 0 bridgehead atoms. The monoisotopic (exact) mass is 235 g/mol. The molecule has 90 valence electrons. The molecule has 0 aliphatic heterocycles. The van der Waals surface area contributed by atoms with E-state index in [1.165, 1.54) is 12.1 Å². The van der Waals surface area contributed by atoms with E-state index < -0.39 is 17.5 Å². The molecule has 0 aliphatic rings. The Labute approximate surface area is 100.0 Å². The average molecular weight is 235 g/mol. The summed E-state index contributed by atoms with van der Waals surface area (Å²) in [5.41, 5.74) is 0.00674. The predicted octanol–water partition coefficient (Wildman–Crippen LogP) is 3.15. The van der Waals surface area contributed by atoms with E-state index in [-0.39, 0.29) is 5.69 Å². The van der Waals surface area contributed by atoms with Crippen LogP contribution in [0.5, 0.6) is 0 Å².